The summed E-state index contributed by atoms with van der Waals surface area (Å²) in [4.78, 5) is 1.09. The molecule has 1 aromatic heterocycles. The van der Waals surface area contributed by atoms with Crippen molar-refractivity contribution in [1.29, 1.82) is 5.26 Å². The van der Waals surface area contributed by atoms with E-state index in [1.807, 2.05) is 60.7 Å². The molecule has 0 aliphatic carbocycles. The topological polar surface area (TPSA) is 36.9 Å². The Bertz CT molecular complexity index is 926. The fourth-order valence-corrected chi connectivity index (χ4v) is 3.83. The van der Waals surface area contributed by atoms with Crippen molar-refractivity contribution < 1.29 is 4.42 Å². The van der Waals surface area contributed by atoms with Crippen molar-refractivity contribution in [2.45, 2.75) is 9.99 Å². The van der Waals surface area contributed by atoms with Crippen molar-refractivity contribution in [2.24, 2.45) is 0 Å². The molecule has 0 saturated heterocycles. The van der Waals surface area contributed by atoms with E-state index in [4.69, 9.17) is 4.42 Å². The van der Waals surface area contributed by atoms with E-state index >= 15 is 0 Å². The summed E-state index contributed by atoms with van der Waals surface area (Å²) < 4.78 is 7.68. The summed E-state index contributed by atoms with van der Waals surface area (Å²) in [5.41, 5.74) is 1.39. The van der Waals surface area contributed by atoms with E-state index < -0.39 is 0 Å². The van der Waals surface area contributed by atoms with Gasteiger partial charge in [0.05, 0.1) is 16.1 Å². The minimum absolute atomic E-state index is 0.550. The first-order valence-corrected chi connectivity index (χ1v) is 9.46. The van der Waals surface area contributed by atoms with Crippen molar-refractivity contribution in [3.8, 4) is 6.07 Å². The molecule has 2 nitrogen and oxygen atoms in total. The lowest BCUT2D eigenvalue weighted by Gasteiger charge is -1.99. The molecular formula is C19H11Br2NOS. The molecule has 0 N–H and O–H groups in total. The van der Waals surface area contributed by atoms with Gasteiger partial charge in [-0.15, -0.1) is 0 Å². The maximum Gasteiger partial charge on any atom is 0.179 e. The van der Waals surface area contributed by atoms with E-state index in [0.29, 0.717) is 11.3 Å². The van der Waals surface area contributed by atoms with Crippen LogP contribution in [0.4, 0.5) is 0 Å². The standard InChI is InChI=1S/C19H11Br2NOS/c20-15-6-4-5-13(9-15)14(12-22)10-16-11-18(21)19(23-16)24-17-7-2-1-3-8-17/h1-11H/b14-10-. The molecule has 24 heavy (non-hydrogen) atoms. The Balaban J connectivity index is 1.90. The highest BCUT2D eigenvalue weighted by Crippen LogP contribution is 2.36. The number of allylic oxidation sites excluding steroid dienone is 1. The molecule has 0 saturated carbocycles. The van der Waals surface area contributed by atoms with Crippen LogP contribution in [0.2, 0.25) is 0 Å². The highest BCUT2D eigenvalue weighted by molar-refractivity contribution is 9.10. The molecule has 0 radical (unpaired) electrons. The van der Waals surface area contributed by atoms with E-state index in [2.05, 4.69) is 37.9 Å². The van der Waals surface area contributed by atoms with Crippen LogP contribution in [-0.4, -0.2) is 0 Å². The molecule has 2 aromatic carbocycles. The molecule has 5 heteroatoms. The van der Waals surface area contributed by atoms with Crippen LogP contribution in [0.3, 0.4) is 0 Å². The molecule has 0 spiro atoms. The SMILES string of the molecule is N#C/C(=C/c1cc(Br)c(Sc2ccccc2)o1)c1cccc(Br)c1. The average Bonchev–Trinajstić information content (AvgIpc) is 2.93. The number of benzene rings is 2. The first-order chi connectivity index (χ1) is 11.7. The maximum absolute atomic E-state index is 9.45. The number of hydrogen-bond donors (Lipinski definition) is 0. The Morgan fingerprint density at radius 3 is 2.54 bits per heavy atom. The lowest BCUT2D eigenvalue weighted by molar-refractivity contribution is 0.463. The molecule has 0 amide bonds. The average molecular weight is 461 g/mol. The largest absolute Gasteiger partial charge is 0.449 e. The van der Waals surface area contributed by atoms with Crippen molar-refractivity contribution >= 4 is 55.3 Å². The van der Waals surface area contributed by atoms with Gasteiger partial charge in [0.15, 0.2) is 5.09 Å². The van der Waals surface area contributed by atoms with Crippen LogP contribution in [0.15, 0.2) is 84.0 Å². The third-order valence-electron chi connectivity index (χ3n) is 3.17. The second-order valence-electron chi connectivity index (χ2n) is 4.88. The van der Waals surface area contributed by atoms with Crippen LogP contribution >= 0.6 is 43.6 Å². The van der Waals surface area contributed by atoms with E-state index in [1.165, 1.54) is 11.8 Å². The van der Waals surface area contributed by atoms with Crippen LogP contribution < -0.4 is 0 Å². The minimum Gasteiger partial charge on any atom is -0.449 e. The minimum atomic E-state index is 0.550. The Kier molecular flexibility index (Phi) is 5.62. The van der Waals surface area contributed by atoms with E-state index in [9.17, 15) is 5.26 Å². The summed E-state index contributed by atoms with van der Waals surface area (Å²) in [5, 5.41) is 10.2. The monoisotopic (exact) mass is 459 g/mol. The van der Waals surface area contributed by atoms with Gasteiger partial charge in [0, 0.05) is 9.37 Å². The lowest BCUT2D eigenvalue weighted by Crippen LogP contribution is -1.81. The zero-order valence-corrected chi connectivity index (χ0v) is 16.4. The second-order valence-corrected chi connectivity index (χ2v) is 7.70. The van der Waals surface area contributed by atoms with E-state index in [1.54, 1.807) is 6.08 Å². The van der Waals surface area contributed by atoms with Crippen LogP contribution in [0.25, 0.3) is 11.6 Å². The van der Waals surface area contributed by atoms with Crippen molar-refractivity contribution in [3.05, 3.63) is 80.9 Å². The molecule has 0 fully saturated rings. The predicted molar refractivity (Wildman–Crippen MR) is 105 cm³/mol. The normalized spacial score (nSPS) is 11.3. The fraction of sp³-hybridized carbons (Fsp3) is 0. The lowest BCUT2D eigenvalue weighted by atomic mass is 10.1. The summed E-state index contributed by atoms with van der Waals surface area (Å²) in [6, 6.07) is 21.7. The van der Waals surface area contributed by atoms with Crippen LogP contribution in [0.5, 0.6) is 0 Å². The molecule has 118 valence electrons. The molecule has 3 aromatic rings. The van der Waals surface area contributed by atoms with Crippen LogP contribution in [0.1, 0.15) is 11.3 Å². The summed E-state index contributed by atoms with van der Waals surface area (Å²) in [6.07, 6.45) is 1.75. The Hall–Kier alpha value is -1.74. The highest BCUT2D eigenvalue weighted by Gasteiger charge is 2.11. The van der Waals surface area contributed by atoms with Crippen LogP contribution in [-0.2, 0) is 0 Å². The molecule has 0 aliphatic rings. The Labute approximate surface area is 161 Å². The molecule has 3 rings (SSSR count). The summed E-state index contributed by atoms with van der Waals surface area (Å²) in [5.74, 6) is 0.636. The smallest absolute Gasteiger partial charge is 0.179 e. The van der Waals surface area contributed by atoms with E-state index in [0.717, 1.165) is 24.5 Å². The van der Waals surface area contributed by atoms with Gasteiger partial charge in [0.25, 0.3) is 0 Å². The van der Waals surface area contributed by atoms with Gasteiger partial charge < -0.3 is 4.42 Å². The van der Waals surface area contributed by atoms with Gasteiger partial charge in [0.2, 0.25) is 0 Å². The number of nitriles is 1. The molecule has 0 bridgehead atoms. The number of furan rings is 1. The second kappa shape index (κ2) is 7.89. The number of halogens is 2. The summed E-state index contributed by atoms with van der Waals surface area (Å²) >= 11 is 8.48. The van der Waals surface area contributed by atoms with Gasteiger partial charge in [-0.25, -0.2) is 0 Å². The maximum atomic E-state index is 9.45. The highest BCUT2D eigenvalue weighted by atomic mass is 79.9. The third-order valence-corrected chi connectivity index (χ3v) is 5.51. The summed E-state index contributed by atoms with van der Waals surface area (Å²) in [6.45, 7) is 0. The molecule has 1 heterocycles. The summed E-state index contributed by atoms with van der Waals surface area (Å²) in [7, 11) is 0. The first kappa shape index (κ1) is 17.1. The molecule has 0 aliphatic heterocycles. The zero-order valence-electron chi connectivity index (χ0n) is 12.4. The van der Waals surface area contributed by atoms with E-state index in [-0.39, 0.29) is 0 Å². The molecule has 0 atom stereocenters. The van der Waals surface area contributed by atoms with Crippen LogP contribution in [0, 0.1) is 11.3 Å². The van der Waals surface area contributed by atoms with Gasteiger partial charge in [-0.3, -0.25) is 0 Å². The fourth-order valence-electron chi connectivity index (χ4n) is 2.08. The third kappa shape index (κ3) is 4.21. The van der Waals surface area contributed by atoms with Crippen molar-refractivity contribution in [2.75, 3.05) is 0 Å². The first-order valence-electron chi connectivity index (χ1n) is 7.05. The predicted octanol–water partition coefficient (Wildman–Crippen LogP) is 7.02. The van der Waals surface area contributed by atoms with Gasteiger partial charge in [-0.2, -0.15) is 5.26 Å². The van der Waals surface area contributed by atoms with Gasteiger partial charge in [-0.05, 0) is 57.9 Å². The number of nitrogens with zero attached hydrogens (tertiary/aromatic N) is 1. The molecule has 0 unspecified atom stereocenters. The van der Waals surface area contributed by atoms with Crippen molar-refractivity contribution in [3.63, 3.8) is 0 Å². The quantitative estimate of drug-likeness (QED) is 0.392. The van der Waals surface area contributed by atoms with Gasteiger partial charge in [-0.1, -0.05) is 58.0 Å². The zero-order chi connectivity index (χ0) is 16.9. The Morgan fingerprint density at radius 1 is 1.04 bits per heavy atom. The van der Waals surface area contributed by atoms with Gasteiger partial charge >= 0.3 is 0 Å². The molecular weight excluding hydrogens is 450 g/mol. The number of rotatable bonds is 4. The Morgan fingerprint density at radius 2 is 1.83 bits per heavy atom. The van der Waals surface area contributed by atoms with Gasteiger partial charge in [0.1, 0.15) is 5.76 Å². The number of hydrogen-bond acceptors (Lipinski definition) is 3. The van der Waals surface area contributed by atoms with Crippen molar-refractivity contribution in [1.82, 2.24) is 0 Å².